The topological polar surface area (TPSA) is 85.9 Å². The van der Waals surface area contributed by atoms with E-state index in [0.717, 1.165) is 28.2 Å². The summed E-state index contributed by atoms with van der Waals surface area (Å²) in [4.78, 5) is 14.1. The molecule has 0 saturated heterocycles. The Kier molecular flexibility index (Phi) is 3.84. The molecule has 0 aliphatic carbocycles. The first kappa shape index (κ1) is 14.2. The van der Waals surface area contributed by atoms with E-state index in [1.807, 2.05) is 42.1 Å². The van der Waals surface area contributed by atoms with Crippen LogP contribution in [0.25, 0.3) is 11.3 Å². The lowest BCUT2D eigenvalue weighted by atomic mass is 10.1. The van der Waals surface area contributed by atoms with Crippen molar-refractivity contribution in [2.45, 2.75) is 6.54 Å². The molecule has 2 heterocycles. The van der Waals surface area contributed by atoms with Gasteiger partial charge >= 0.3 is 5.00 Å². The molecule has 1 N–H and O–H groups in total. The maximum Gasteiger partial charge on any atom is 0.345 e. The van der Waals surface area contributed by atoms with E-state index in [1.165, 1.54) is 6.20 Å². The fourth-order valence-corrected chi connectivity index (χ4v) is 2.69. The molecule has 0 atom stereocenters. The summed E-state index contributed by atoms with van der Waals surface area (Å²) >= 11 is 1.03. The van der Waals surface area contributed by atoms with Gasteiger partial charge in [-0.25, -0.2) is 4.98 Å². The lowest BCUT2D eigenvalue weighted by Crippen LogP contribution is -1.99. The van der Waals surface area contributed by atoms with Gasteiger partial charge in [-0.3, -0.25) is 14.8 Å². The summed E-state index contributed by atoms with van der Waals surface area (Å²) in [5, 5.41) is 18.4. The molecule has 3 aromatic rings. The zero-order chi connectivity index (χ0) is 15.5. The van der Waals surface area contributed by atoms with Gasteiger partial charge in [0.25, 0.3) is 0 Å². The molecule has 0 radical (unpaired) electrons. The molecule has 0 saturated carbocycles. The maximum atomic E-state index is 10.6. The number of hydrogen-bond donors (Lipinski definition) is 1. The molecular formula is C14H13N5O2S. The second kappa shape index (κ2) is 5.94. The lowest BCUT2D eigenvalue weighted by Gasteiger charge is -2.05. The number of nitrogens with zero attached hydrogens (tertiary/aromatic N) is 4. The van der Waals surface area contributed by atoms with Gasteiger partial charge in [0, 0.05) is 19.8 Å². The van der Waals surface area contributed by atoms with E-state index in [4.69, 9.17) is 0 Å². The van der Waals surface area contributed by atoms with E-state index in [1.54, 1.807) is 6.20 Å². The molecule has 0 aliphatic heterocycles. The number of thiazole rings is 1. The largest absolute Gasteiger partial charge is 0.357 e. The average Bonchev–Trinajstić information content (AvgIpc) is 3.15. The van der Waals surface area contributed by atoms with Crippen LogP contribution >= 0.6 is 11.3 Å². The smallest absolute Gasteiger partial charge is 0.345 e. The number of aromatic nitrogens is 3. The molecule has 3 rings (SSSR count). The van der Waals surface area contributed by atoms with Crippen LogP contribution < -0.4 is 5.32 Å². The molecule has 0 amide bonds. The Morgan fingerprint density at radius 2 is 2.09 bits per heavy atom. The van der Waals surface area contributed by atoms with Crippen LogP contribution in [-0.2, 0) is 13.6 Å². The van der Waals surface area contributed by atoms with E-state index in [0.29, 0.717) is 11.7 Å². The zero-order valence-corrected chi connectivity index (χ0v) is 12.6. The molecule has 0 fully saturated rings. The van der Waals surface area contributed by atoms with Gasteiger partial charge in [0.1, 0.15) is 6.20 Å². The Hall–Kier alpha value is -2.74. The Bertz CT molecular complexity index is 794. The molecule has 22 heavy (non-hydrogen) atoms. The number of rotatable bonds is 5. The van der Waals surface area contributed by atoms with Crippen LogP contribution in [0.3, 0.4) is 0 Å². The van der Waals surface area contributed by atoms with Gasteiger partial charge in [0.2, 0.25) is 0 Å². The first-order valence-corrected chi connectivity index (χ1v) is 7.36. The van der Waals surface area contributed by atoms with E-state index < -0.39 is 4.92 Å². The van der Waals surface area contributed by atoms with Gasteiger partial charge in [0.05, 0.1) is 10.6 Å². The number of hydrogen-bond acceptors (Lipinski definition) is 6. The highest BCUT2D eigenvalue weighted by molar-refractivity contribution is 7.18. The summed E-state index contributed by atoms with van der Waals surface area (Å²) < 4.78 is 1.82. The number of anilines is 1. The van der Waals surface area contributed by atoms with Crippen molar-refractivity contribution in [3.8, 4) is 11.3 Å². The van der Waals surface area contributed by atoms with Crippen LogP contribution in [-0.4, -0.2) is 19.7 Å². The van der Waals surface area contributed by atoms with Gasteiger partial charge in [-0.1, -0.05) is 24.3 Å². The number of benzene rings is 1. The first-order chi connectivity index (χ1) is 10.6. The average molecular weight is 315 g/mol. The number of nitro groups is 1. The third kappa shape index (κ3) is 2.96. The van der Waals surface area contributed by atoms with Gasteiger partial charge in [-0.15, -0.1) is 0 Å². The minimum absolute atomic E-state index is 0.0362. The SMILES string of the molecule is Cn1nccc1-c1ccc(CNc2ncc([N+](=O)[O-])s2)cc1. The van der Waals surface area contributed by atoms with Gasteiger partial charge in [-0.05, 0) is 28.5 Å². The fourth-order valence-electron chi connectivity index (χ4n) is 2.06. The molecular weight excluding hydrogens is 302 g/mol. The summed E-state index contributed by atoms with van der Waals surface area (Å²) in [5.41, 5.74) is 3.22. The molecule has 7 nitrogen and oxygen atoms in total. The van der Waals surface area contributed by atoms with Crippen molar-refractivity contribution >= 4 is 21.5 Å². The second-order valence-electron chi connectivity index (χ2n) is 4.65. The van der Waals surface area contributed by atoms with Gasteiger partial charge < -0.3 is 5.32 Å². The van der Waals surface area contributed by atoms with Crippen LogP contribution in [0.15, 0.2) is 42.7 Å². The molecule has 1 aromatic carbocycles. The normalized spacial score (nSPS) is 10.6. The lowest BCUT2D eigenvalue weighted by molar-refractivity contribution is -0.380. The van der Waals surface area contributed by atoms with Crippen molar-refractivity contribution in [3.63, 3.8) is 0 Å². The molecule has 0 unspecified atom stereocenters. The van der Waals surface area contributed by atoms with E-state index in [9.17, 15) is 10.1 Å². The monoisotopic (exact) mass is 315 g/mol. The third-order valence-electron chi connectivity index (χ3n) is 3.19. The second-order valence-corrected chi connectivity index (χ2v) is 5.66. The summed E-state index contributed by atoms with van der Waals surface area (Å²) in [5.74, 6) is 0. The Morgan fingerprint density at radius 3 is 2.68 bits per heavy atom. The van der Waals surface area contributed by atoms with Crippen LogP contribution in [0.1, 0.15) is 5.56 Å². The minimum atomic E-state index is -0.439. The van der Waals surface area contributed by atoms with Gasteiger partial charge in [0.15, 0.2) is 5.13 Å². The highest BCUT2D eigenvalue weighted by atomic mass is 32.1. The standard InChI is InChI=1S/C14H13N5O2S/c1-18-12(6-7-17-18)11-4-2-10(3-5-11)8-15-14-16-9-13(22-14)19(20)21/h2-7,9H,8H2,1H3,(H,15,16). The molecule has 8 heteroatoms. The van der Waals surface area contributed by atoms with Crippen LogP contribution in [0, 0.1) is 10.1 Å². The van der Waals surface area contributed by atoms with Crippen molar-refractivity contribution in [3.05, 3.63) is 58.4 Å². The zero-order valence-electron chi connectivity index (χ0n) is 11.8. The predicted octanol–water partition coefficient (Wildman–Crippen LogP) is 3.06. The van der Waals surface area contributed by atoms with E-state index in [2.05, 4.69) is 15.4 Å². The quantitative estimate of drug-likeness (QED) is 0.577. The van der Waals surface area contributed by atoms with Gasteiger partial charge in [-0.2, -0.15) is 5.10 Å². The van der Waals surface area contributed by atoms with Crippen molar-refractivity contribution in [2.24, 2.45) is 7.05 Å². The molecule has 112 valence electrons. The molecule has 0 bridgehead atoms. The van der Waals surface area contributed by atoms with E-state index >= 15 is 0 Å². The van der Waals surface area contributed by atoms with Crippen LogP contribution in [0.2, 0.25) is 0 Å². The third-order valence-corrected chi connectivity index (χ3v) is 4.09. The van der Waals surface area contributed by atoms with Crippen LogP contribution in [0.4, 0.5) is 10.1 Å². The molecule has 0 aliphatic rings. The Labute approximate surface area is 130 Å². The summed E-state index contributed by atoms with van der Waals surface area (Å²) in [7, 11) is 1.90. The van der Waals surface area contributed by atoms with Crippen molar-refractivity contribution in [2.75, 3.05) is 5.32 Å². The van der Waals surface area contributed by atoms with Crippen molar-refractivity contribution in [1.29, 1.82) is 0 Å². The van der Waals surface area contributed by atoms with Crippen molar-refractivity contribution in [1.82, 2.24) is 14.8 Å². The van der Waals surface area contributed by atoms with Crippen molar-refractivity contribution < 1.29 is 4.92 Å². The number of nitrogens with one attached hydrogen (secondary N) is 1. The highest BCUT2D eigenvalue weighted by Crippen LogP contribution is 2.25. The summed E-state index contributed by atoms with van der Waals surface area (Å²) in [6.45, 7) is 0.566. The van der Waals surface area contributed by atoms with Crippen LogP contribution in [0.5, 0.6) is 0 Å². The minimum Gasteiger partial charge on any atom is -0.357 e. The predicted molar refractivity (Wildman–Crippen MR) is 84.7 cm³/mol. The maximum absolute atomic E-state index is 10.6. The highest BCUT2D eigenvalue weighted by Gasteiger charge is 2.11. The molecule has 2 aromatic heterocycles. The number of aryl methyl sites for hydroxylation is 1. The van der Waals surface area contributed by atoms with E-state index in [-0.39, 0.29) is 5.00 Å². The first-order valence-electron chi connectivity index (χ1n) is 6.55. The summed E-state index contributed by atoms with van der Waals surface area (Å²) in [6.07, 6.45) is 3.03. The fraction of sp³-hybridized carbons (Fsp3) is 0.143. The Morgan fingerprint density at radius 1 is 1.32 bits per heavy atom. The Balaban J connectivity index is 1.66. The summed E-state index contributed by atoms with van der Waals surface area (Å²) in [6, 6.07) is 10.0. The molecule has 0 spiro atoms.